The molecule has 0 bridgehead atoms. The summed E-state index contributed by atoms with van der Waals surface area (Å²) in [5.74, 6) is 0.00806. The lowest BCUT2D eigenvalue weighted by Crippen LogP contribution is -2.35. The Bertz CT molecular complexity index is 1600. The van der Waals surface area contributed by atoms with E-state index in [0.29, 0.717) is 0 Å². The van der Waals surface area contributed by atoms with E-state index in [1.165, 1.54) is 37.9 Å². The first-order valence-corrected chi connectivity index (χ1v) is 15.2. The predicted molar refractivity (Wildman–Crippen MR) is 171 cm³/mol. The average molecular weight is 582 g/mol. The van der Waals surface area contributed by atoms with E-state index in [4.69, 9.17) is 28.2 Å². The second kappa shape index (κ2) is 13.1. The molecule has 3 aromatic carbocycles. The van der Waals surface area contributed by atoms with E-state index in [1.807, 2.05) is 48.8 Å². The number of nitrogens with one attached hydrogen (secondary N) is 1. The monoisotopic (exact) mass is 580 g/mol. The number of hydrogen-bond donors (Lipinski definition) is 1. The second-order valence-corrected chi connectivity index (χ2v) is 11.7. The van der Waals surface area contributed by atoms with Gasteiger partial charge in [0.25, 0.3) is 0 Å². The molecule has 1 atom stereocenters. The molecular formula is C35H34Cl2N4. The van der Waals surface area contributed by atoms with Crippen LogP contribution in [-0.4, -0.2) is 41.0 Å². The van der Waals surface area contributed by atoms with E-state index in [0.717, 1.165) is 68.5 Å². The fraction of sp³-hybridized carbons (Fsp3) is 0.257. The Labute approximate surface area is 252 Å². The third-order valence-electron chi connectivity index (χ3n) is 7.94. The van der Waals surface area contributed by atoms with Gasteiger partial charge in [0.2, 0.25) is 0 Å². The fourth-order valence-electron chi connectivity index (χ4n) is 5.88. The normalized spacial score (nSPS) is 14.8. The molecule has 5 aromatic rings. The summed E-state index contributed by atoms with van der Waals surface area (Å²) in [5, 5.41) is 6.18. The lowest BCUT2D eigenvalue weighted by Gasteiger charge is -2.26. The van der Waals surface area contributed by atoms with Crippen LogP contribution >= 0.6 is 23.2 Å². The lowest BCUT2D eigenvalue weighted by molar-refractivity contribution is 0.229. The van der Waals surface area contributed by atoms with Crippen LogP contribution in [-0.2, 0) is 6.54 Å². The van der Waals surface area contributed by atoms with E-state index in [2.05, 4.69) is 63.7 Å². The quantitative estimate of drug-likeness (QED) is 0.178. The van der Waals surface area contributed by atoms with E-state index < -0.39 is 0 Å². The van der Waals surface area contributed by atoms with Crippen molar-refractivity contribution in [2.24, 2.45) is 0 Å². The van der Waals surface area contributed by atoms with Crippen molar-refractivity contribution < 1.29 is 0 Å². The Balaban J connectivity index is 1.37. The van der Waals surface area contributed by atoms with Gasteiger partial charge >= 0.3 is 0 Å². The van der Waals surface area contributed by atoms with Crippen molar-refractivity contribution in [2.75, 3.05) is 26.2 Å². The highest BCUT2D eigenvalue weighted by Gasteiger charge is 2.19. The van der Waals surface area contributed by atoms with E-state index in [1.54, 1.807) is 0 Å². The first kappa shape index (κ1) is 27.9. The molecule has 1 unspecified atom stereocenters. The molecule has 6 heteroatoms. The van der Waals surface area contributed by atoms with Crippen LogP contribution in [0.25, 0.3) is 22.0 Å². The Morgan fingerprint density at radius 2 is 1.61 bits per heavy atom. The summed E-state index contributed by atoms with van der Waals surface area (Å²) < 4.78 is 0. The third-order valence-corrected chi connectivity index (χ3v) is 8.42. The number of aromatic nitrogens is 2. The van der Waals surface area contributed by atoms with Gasteiger partial charge in [-0.2, -0.15) is 0 Å². The third kappa shape index (κ3) is 6.79. The standard InChI is InChI=1S/C35H34Cl2N4/c36-29-12-9-25(10-13-29)35(28-7-5-15-38-23-28)27-11-14-34-33(21-27)32(26-6-4-8-30(37)20-26)22-31(40-34)24-39-16-19-41-17-2-1-3-18-41/h4-15,20-23,35,39H,1-3,16-19,24H2. The molecule has 41 heavy (non-hydrogen) atoms. The van der Waals surface area contributed by atoms with Crippen molar-refractivity contribution >= 4 is 34.1 Å². The Morgan fingerprint density at radius 1 is 0.780 bits per heavy atom. The van der Waals surface area contributed by atoms with Crippen molar-refractivity contribution in [1.29, 1.82) is 0 Å². The molecule has 1 N–H and O–H groups in total. The zero-order valence-corrected chi connectivity index (χ0v) is 24.6. The smallest absolute Gasteiger partial charge is 0.0712 e. The summed E-state index contributed by atoms with van der Waals surface area (Å²) in [5.41, 5.74) is 7.68. The SMILES string of the molecule is Clc1ccc(C(c2cccnc2)c2ccc3nc(CNCCN4CCCCC4)cc(-c4cccc(Cl)c4)c3c2)cc1. The van der Waals surface area contributed by atoms with Crippen molar-refractivity contribution in [2.45, 2.75) is 31.7 Å². The number of piperidine rings is 1. The fourth-order valence-corrected chi connectivity index (χ4v) is 6.20. The molecular weight excluding hydrogens is 547 g/mol. The van der Waals surface area contributed by atoms with Gasteiger partial charge in [-0.1, -0.05) is 66.0 Å². The first-order chi connectivity index (χ1) is 20.1. The number of halogens is 2. The largest absolute Gasteiger partial charge is 0.310 e. The molecule has 0 amide bonds. The molecule has 3 heterocycles. The molecule has 1 saturated heterocycles. The maximum Gasteiger partial charge on any atom is 0.0712 e. The van der Waals surface area contributed by atoms with Crippen LogP contribution < -0.4 is 5.32 Å². The number of rotatable bonds is 9. The molecule has 0 spiro atoms. The van der Waals surface area contributed by atoms with E-state index in [9.17, 15) is 0 Å². The zero-order chi connectivity index (χ0) is 28.0. The molecule has 208 valence electrons. The minimum Gasteiger partial charge on any atom is -0.310 e. The maximum atomic E-state index is 6.47. The van der Waals surface area contributed by atoms with Crippen molar-refractivity contribution in [1.82, 2.24) is 20.2 Å². The number of benzene rings is 3. The summed E-state index contributed by atoms with van der Waals surface area (Å²) in [6.45, 7) is 5.19. The zero-order valence-electron chi connectivity index (χ0n) is 23.1. The molecule has 1 aliphatic heterocycles. The number of nitrogens with zero attached hydrogens (tertiary/aromatic N) is 3. The molecule has 6 rings (SSSR count). The number of pyridine rings is 2. The molecule has 2 aromatic heterocycles. The van der Waals surface area contributed by atoms with Gasteiger partial charge < -0.3 is 10.2 Å². The van der Waals surface area contributed by atoms with Crippen LogP contribution in [0.15, 0.2) is 97.3 Å². The summed E-state index contributed by atoms with van der Waals surface area (Å²) in [6.07, 6.45) is 7.75. The highest BCUT2D eigenvalue weighted by atomic mass is 35.5. The Hall–Kier alpha value is -3.28. The van der Waals surface area contributed by atoms with E-state index >= 15 is 0 Å². The highest BCUT2D eigenvalue weighted by Crippen LogP contribution is 2.37. The van der Waals surface area contributed by atoms with Crippen molar-refractivity contribution in [3.8, 4) is 11.1 Å². The van der Waals surface area contributed by atoms with E-state index in [-0.39, 0.29) is 5.92 Å². The van der Waals surface area contributed by atoms with Crippen LogP contribution in [0.5, 0.6) is 0 Å². The summed E-state index contributed by atoms with van der Waals surface area (Å²) in [7, 11) is 0. The van der Waals surface area contributed by atoms with Crippen LogP contribution in [0.3, 0.4) is 0 Å². The average Bonchev–Trinajstić information content (AvgIpc) is 3.01. The molecule has 0 radical (unpaired) electrons. The highest BCUT2D eigenvalue weighted by molar-refractivity contribution is 6.31. The van der Waals surface area contributed by atoms with Crippen LogP contribution in [0.1, 0.15) is 47.6 Å². The van der Waals surface area contributed by atoms with Crippen molar-refractivity contribution in [3.05, 3.63) is 130 Å². The number of fused-ring (bicyclic) bond motifs is 1. The van der Waals surface area contributed by atoms with Gasteiger partial charge in [-0.3, -0.25) is 9.97 Å². The lowest BCUT2D eigenvalue weighted by atomic mass is 9.85. The summed E-state index contributed by atoms with van der Waals surface area (Å²) in [4.78, 5) is 12.1. The van der Waals surface area contributed by atoms with Gasteiger partial charge in [0.15, 0.2) is 0 Å². The number of likely N-dealkylation sites (tertiary alicyclic amines) is 1. The minimum atomic E-state index is 0.00806. The number of hydrogen-bond acceptors (Lipinski definition) is 4. The summed E-state index contributed by atoms with van der Waals surface area (Å²) >= 11 is 12.7. The van der Waals surface area contributed by atoms with Crippen LogP contribution in [0, 0.1) is 0 Å². The van der Waals surface area contributed by atoms with Gasteiger partial charge in [0, 0.05) is 53.4 Å². The Kier molecular flexibility index (Phi) is 8.93. The van der Waals surface area contributed by atoms with Gasteiger partial charge in [-0.05, 0) is 102 Å². The topological polar surface area (TPSA) is 41.1 Å². The van der Waals surface area contributed by atoms with Gasteiger partial charge in [0.05, 0.1) is 11.2 Å². The maximum absolute atomic E-state index is 6.47. The Morgan fingerprint density at radius 3 is 2.39 bits per heavy atom. The van der Waals surface area contributed by atoms with Crippen LogP contribution in [0.4, 0.5) is 0 Å². The molecule has 0 aliphatic carbocycles. The van der Waals surface area contributed by atoms with Gasteiger partial charge in [0.1, 0.15) is 0 Å². The molecule has 1 aliphatic rings. The minimum absolute atomic E-state index is 0.00806. The second-order valence-electron chi connectivity index (χ2n) is 10.8. The van der Waals surface area contributed by atoms with Crippen molar-refractivity contribution in [3.63, 3.8) is 0 Å². The molecule has 1 fully saturated rings. The summed E-state index contributed by atoms with van der Waals surface area (Å²) in [6, 6.07) is 29.1. The predicted octanol–water partition coefficient (Wildman–Crippen LogP) is 8.36. The van der Waals surface area contributed by atoms with Crippen LogP contribution in [0.2, 0.25) is 10.0 Å². The van der Waals surface area contributed by atoms with Gasteiger partial charge in [-0.25, -0.2) is 0 Å². The first-order valence-electron chi connectivity index (χ1n) is 14.4. The molecule has 4 nitrogen and oxygen atoms in total. The van der Waals surface area contributed by atoms with Gasteiger partial charge in [-0.15, -0.1) is 0 Å². The molecule has 0 saturated carbocycles.